The molecule has 0 amide bonds. The van der Waals surface area contributed by atoms with Gasteiger partial charge in [-0.1, -0.05) is 50.3 Å². The number of benzene rings is 1. The van der Waals surface area contributed by atoms with Crippen molar-refractivity contribution in [2.45, 2.75) is 88.9 Å². The summed E-state index contributed by atoms with van der Waals surface area (Å²) in [6.07, 6.45) is 14.7. The Kier molecular flexibility index (Phi) is 5.99. The molecule has 4 nitrogen and oxygen atoms in total. The maximum atomic E-state index is 12.4. The van der Waals surface area contributed by atoms with Crippen molar-refractivity contribution in [1.29, 1.82) is 0 Å². The Bertz CT molecular complexity index is 944. The van der Waals surface area contributed by atoms with Gasteiger partial charge in [0.05, 0.1) is 18.3 Å². The minimum Gasteiger partial charge on any atom is -0.385 e. The molecular formula is C31H45NO3. The molecule has 6 rings (SSSR count). The number of rotatable bonds is 5. The minimum absolute atomic E-state index is 0.212. The molecule has 3 saturated carbocycles. The van der Waals surface area contributed by atoms with Crippen LogP contribution in [0.3, 0.4) is 0 Å². The van der Waals surface area contributed by atoms with Crippen LogP contribution in [0.15, 0.2) is 42.5 Å². The summed E-state index contributed by atoms with van der Waals surface area (Å²) < 4.78 is 6.42. The van der Waals surface area contributed by atoms with Crippen LogP contribution in [0.25, 0.3) is 0 Å². The first kappa shape index (κ1) is 24.2. The monoisotopic (exact) mass is 479 g/mol. The average molecular weight is 480 g/mol. The van der Waals surface area contributed by atoms with Crippen LogP contribution < -0.4 is 0 Å². The molecule has 4 heteroatoms. The third-order valence-corrected chi connectivity index (χ3v) is 11.6. The lowest BCUT2D eigenvalue weighted by Gasteiger charge is -2.64. The lowest BCUT2D eigenvalue weighted by atomic mass is 9.42. The Balaban J connectivity index is 1.17. The van der Waals surface area contributed by atoms with Gasteiger partial charge in [0, 0.05) is 12.0 Å². The zero-order chi connectivity index (χ0) is 24.3. The first-order valence-corrected chi connectivity index (χ1v) is 14.3. The smallest absolute Gasteiger partial charge is 0.116 e. The molecule has 1 saturated heterocycles. The van der Waals surface area contributed by atoms with E-state index in [0.717, 1.165) is 44.4 Å². The van der Waals surface area contributed by atoms with Crippen molar-refractivity contribution in [1.82, 2.24) is 4.90 Å². The van der Waals surface area contributed by atoms with E-state index in [4.69, 9.17) is 4.74 Å². The molecule has 0 bridgehead atoms. The van der Waals surface area contributed by atoms with Crippen LogP contribution in [-0.4, -0.2) is 53.1 Å². The Morgan fingerprint density at radius 3 is 2.46 bits per heavy atom. The largest absolute Gasteiger partial charge is 0.385 e. The Morgan fingerprint density at radius 1 is 0.914 bits per heavy atom. The van der Waals surface area contributed by atoms with E-state index in [9.17, 15) is 10.2 Å². The van der Waals surface area contributed by atoms with E-state index in [0.29, 0.717) is 17.9 Å². The van der Waals surface area contributed by atoms with E-state index in [-0.39, 0.29) is 11.3 Å². The van der Waals surface area contributed by atoms with Gasteiger partial charge in [0.2, 0.25) is 0 Å². The van der Waals surface area contributed by atoms with Gasteiger partial charge < -0.3 is 19.8 Å². The molecule has 4 fully saturated rings. The molecule has 8 atom stereocenters. The van der Waals surface area contributed by atoms with Crippen molar-refractivity contribution in [2.24, 2.45) is 28.6 Å². The molecule has 0 spiro atoms. The molecule has 0 radical (unpaired) electrons. The lowest BCUT2D eigenvalue weighted by Crippen LogP contribution is -2.65. The second-order valence-corrected chi connectivity index (χ2v) is 13.0. The molecular weight excluding hydrogens is 434 g/mol. The number of aliphatic hydroxyl groups is 2. The fourth-order valence-corrected chi connectivity index (χ4v) is 9.32. The van der Waals surface area contributed by atoms with Crippen molar-refractivity contribution in [3.63, 3.8) is 0 Å². The second-order valence-electron chi connectivity index (χ2n) is 13.0. The van der Waals surface area contributed by atoms with E-state index in [2.05, 4.69) is 18.7 Å². The van der Waals surface area contributed by atoms with Crippen molar-refractivity contribution in [3.8, 4) is 0 Å². The van der Waals surface area contributed by atoms with Crippen molar-refractivity contribution < 1.29 is 14.9 Å². The normalized spacial score (nSPS) is 47.3. The van der Waals surface area contributed by atoms with Gasteiger partial charge in [0.1, 0.15) is 5.60 Å². The topological polar surface area (TPSA) is 52.9 Å². The van der Waals surface area contributed by atoms with E-state index in [1.165, 1.54) is 45.2 Å². The van der Waals surface area contributed by atoms with Crippen LogP contribution in [0, 0.1) is 28.6 Å². The fraction of sp³-hybridized carbons (Fsp3) is 0.742. The molecule has 4 aliphatic carbocycles. The highest BCUT2D eigenvalue weighted by atomic mass is 16.5. The summed E-state index contributed by atoms with van der Waals surface area (Å²) in [7, 11) is 0. The quantitative estimate of drug-likeness (QED) is 0.564. The summed E-state index contributed by atoms with van der Waals surface area (Å²) in [5.74, 6) is 1.40. The van der Waals surface area contributed by atoms with Gasteiger partial charge in [-0.05, 0) is 106 Å². The molecule has 0 unspecified atom stereocenters. The Morgan fingerprint density at radius 2 is 1.69 bits per heavy atom. The van der Waals surface area contributed by atoms with Crippen LogP contribution in [-0.2, 0) is 10.3 Å². The van der Waals surface area contributed by atoms with Crippen LogP contribution in [0.1, 0.15) is 77.2 Å². The predicted octanol–water partition coefficient (Wildman–Crippen LogP) is 5.29. The van der Waals surface area contributed by atoms with Gasteiger partial charge in [-0.3, -0.25) is 0 Å². The zero-order valence-electron chi connectivity index (χ0n) is 21.8. The van der Waals surface area contributed by atoms with Crippen molar-refractivity contribution in [3.05, 3.63) is 48.0 Å². The molecule has 35 heavy (non-hydrogen) atoms. The summed E-state index contributed by atoms with van der Waals surface area (Å²) in [6.45, 7) is 9.10. The van der Waals surface area contributed by atoms with Gasteiger partial charge in [-0.25, -0.2) is 0 Å². The third kappa shape index (κ3) is 3.54. The maximum absolute atomic E-state index is 12.4. The van der Waals surface area contributed by atoms with Gasteiger partial charge in [0.15, 0.2) is 0 Å². The first-order chi connectivity index (χ1) is 16.8. The molecule has 1 aliphatic heterocycles. The van der Waals surface area contributed by atoms with E-state index in [1.807, 2.05) is 42.5 Å². The number of hydrogen-bond donors (Lipinski definition) is 2. The summed E-state index contributed by atoms with van der Waals surface area (Å²) in [6, 6.07) is 10.00. The highest BCUT2D eigenvalue weighted by Crippen LogP contribution is 2.69. The number of fused-ring (bicyclic) bond motifs is 5. The molecule has 5 aliphatic rings. The van der Waals surface area contributed by atoms with E-state index < -0.39 is 16.6 Å². The zero-order valence-corrected chi connectivity index (χ0v) is 21.8. The van der Waals surface area contributed by atoms with Crippen LogP contribution in [0.2, 0.25) is 0 Å². The van der Waals surface area contributed by atoms with Gasteiger partial charge in [-0.2, -0.15) is 0 Å². The number of likely N-dealkylation sites (tertiary alicyclic amines) is 1. The summed E-state index contributed by atoms with van der Waals surface area (Å²) >= 11 is 0. The highest BCUT2D eigenvalue weighted by Gasteiger charge is 2.70. The molecule has 1 aromatic rings. The van der Waals surface area contributed by atoms with E-state index in [1.54, 1.807) is 0 Å². The SMILES string of the molecule is C[C@]12CC[C@H](OCCN3CCCC3)C[C@@H]1CC[C@@H]1[C@@H]2CC[C@]2(C)[C@@](O)(c3ccccc3)C=C[C@]12O. The highest BCUT2D eigenvalue weighted by molar-refractivity contribution is 5.41. The van der Waals surface area contributed by atoms with Crippen LogP contribution in [0.5, 0.6) is 0 Å². The average Bonchev–Trinajstić information content (AvgIpc) is 3.46. The van der Waals surface area contributed by atoms with Crippen molar-refractivity contribution in [2.75, 3.05) is 26.2 Å². The maximum Gasteiger partial charge on any atom is 0.116 e. The Labute approximate surface area is 211 Å². The summed E-state index contributed by atoms with van der Waals surface area (Å²) in [5, 5.41) is 24.4. The summed E-state index contributed by atoms with van der Waals surface area (Å²) in [5.41, 5.74) is -1.51. The standard InChI is InChI=1S/C31H45NO3/c1-28-14-12-25(35-21-20-32-18-6-7-19-32)22-24(28)10-11-27-26(28)13-15-29(2)30(33,16-17-31(27,29)34)23-8-4-3-5-9-23/h3-5,8-9,16-17,24-27,33-34H,6-7,10-15,18-22H2,1-2H3/t24-,25-,26-,27+,28-,29+,30-,31-/m0/s1. The predicted molar refractivity (Wildman–Crippen MR) is 139 cm³/mol. The van der Waals surface area contributed by atoms with Gasteiger partial charge >= 0.3 is 0 Å². The molecule has 1 heterocycles. The third-order valence-electron chi connectivity index (χ3n) is 11.6. The number of ether oxygens (including phenoxy) is 1. The number of nitrogens with zero attached hydrogens (tertiary/aromatic N) is 1. The van der Waals surface area contributed by atoms with Crippen molar-refractivity contribution >= 4 is 0 Å². The van der Waals surface area contributed by atoms with Crippen LogP contribution >= 0.6 is 0 Å². The molecule has 1 aromatic carbocycles. The fourth-order valence-electron chi connectivity index (χ4n) is 9.32. The van der Waals surface area contributed by atoms with E-state index >= 15 is 0 Å². The van der Waals surface area contributed by atoms with Crippen LogP contribution in [0.4, 0.5) is 0 Å². The van der Waals surface area contributed by atoms with Gasteiger partial charge in [0.25, 0.3) is 0 Å². The molecule has 192 valence electrons. The van der Waals surface area contributed by atoms with Gasteiger partial charge in [-0.15, -0.1) is 0 Å². The second kappa shape index (κ2) is 8.68. The Hall–Kier alpha value is -1.20. The minimum atomic E-state index is -1.12. The molecule has 2 N–H and O–H groups in total. The lowest BCUT2D eigenvalue weighted by molar-refractivity contribution is -0.228. The summed E-state index contributed by atoms with van der Waals surface area (Å²) in [4.78, 5) is 2.55. The number of hydrogen-bond acceptors (Lipinski definition) is 4. The first-order valence-electron chi connectivity index (χ1n) is 14.3. The molecule has 0 aromatic heterocycles.